The molecule has 0 bridgehead atoms. The summed E-state index contributed by atoms with van der Waals surface area (Å²) in [5.41, 5.74) is -1.86. The number of anilines is 3. The van der Waals surface area contributed by atoms with Crippen LogP contribution in [0.1, 0.15) is 5.56 Å². The van der Waals surface area contributed by atoms with E-state index >= 15 is 0 Å². The quantitative estimate of drug-likeness (QED) is 0.559. The number of nitrogens with one attached hydrogen (secondary N) is 3. The summed E-state index contributed by atoms with van der Waals surface area (Å²) < 4.78 is 67.0. The predicted octanol–water partition coefficient (Wildman–Crippen LogP) is 2.71. The molecule has 1 aliphatic heterocycles. The van der Waals surface area contributed by atoms with Crippen molar-refractivity contribution in [3.63, 3.8) is 0 Å². The van der Waals surface area contributed by atoms with E-state index in [0.29, 0.717) is 6.07 Å². The van der Waals surface area contributed by atoms with Crippen molar-refractivity contribution in [2.75, 3.05) is 21.5 Å². The maximum absolute atomic E-state index is 14.4. The van der Waals surface area contributed by atoms with Crippen LogP contribution in [0.25, 0.3) is 0 Å². The normalized spacial score (nSPS) is 16.5. The third kappa shape index (κ3) is 4.56. The number of rotatable bonds is 3. The maximum Gasteiger partial charge on any atom is 0.416 e. The monoisotopic (exact) mass is 432 g/mol. The van der Waals surface area contributed by atoms with Crippen LogP contribution in [0.5, 0.6) is 5.75 Å². The number of halogens is 4. The lowest BCUT2D eigenvalue weighted by Gasteiger charge is -2.17. The van der Waals surface area contributed by atoms with Crippen molar-refractivity contribution < 1.29 is 36.5 Å². The number of phenolic OH excluding ortho intramolecular Hbond substituents is 1. The van der Waals surface area contributed by atoms with Crippen molar-refractivity contribution in [3.05, 3.63) is 47.8 Å². The molecule has 0 saturated carbocycles. The van der Waals surface area contributed by atoms with Gasteiger partial charge in [-0.1, -0.05) is 6.07 Å². The zero-order chi connectivity index (χ0) is 21.3. The second kappa shape index (κ2) is 7.58. The van der Waals surface area contributed by atoms with Crippen LogP contribution in [-0.4, -0.2) is 27.8 Å². The molecule has 29 heavy (non-hydrogen) atoms. The molecule has 4 N–H and O–H groups in total. The third-order valence-electron chi connectivity index (χ3n) is 3.69. The minimum absolute atomic E-state index is 0.157. The first-order valence-electron chi connectivity index (χ1n) is 7.81. The van der Waals surface area contributed by atoms with E-state index in [1.54, 1.807) is 0 Å². The number of carbonyl (C=O) groups is 2. The summed E-state index contributed by atoms with van der Waals surface area (Å²) in [6.45, 7) is -0.445. The van der Waals surface area contributed by atoms with Crippen LogP contribution in [0.4, 0.5) is 39.4 Å². The van der Waals surface area contributed by atoms with Crippen LogP contribution in [0, 0.1) is 5.82 Å². The highest BCUT2D eigenvalue weighted by atomic mass is 32.2. The van der Waals surface area contributed by atoms with Crippen LogP contribution < -0.4 is 19.7 Å². The molecule has 1 atom stereocenters. The number of carbonyl (C=O) groups excluding carboxylic acids is 2. The highest BCUT2D eigenvalue weighted by molar-refractivity contribution is 7.85. The van der Waals surface area contributed by atoms with Gasteiger partial charge in [-0.2, -0.15) is 13.2 Å². The van der Waals surface area contributed by atoms with Gasteiger partial charge in [-0.05, 0) is 24.3 Å². The molecule has 3 rings (SSSR count). The van der Waals surface area contributed by atoms with Gasteiger partial charge in [0.05, 0.1) is 5.56 Å². The van der Waals surface area contributed by atoms with Gasteiger partial charge in [-0.25, -0.2) is 13.4 Å². The first-order valence-corrected chi connectivity index (χ1v) is 8.92. The topological polar surface area (TPSA) is 111 Å². The smallest absolute Gasteiger partial charge is 0.416 e. The second-order valence-corrected chi connectivity index (χ2v) is 6.94. The van der Waals surface area contributed by atoms with Crippen LogP contribution in [-0.2, 0) is 22.1 Å². The Labute approximate surface area is 163 Å². The van der Waals surface area contributed by atoms with Crippen LogP contribution in [0.3, 0.4) is 0 Å². The number of alkyl halides is 3. The number of urea groups is 1. The summed E-state index contributed by atoms with van der Waals surface area (Å²) in [5, 5.41) is 14.3. The molecule has 0 spiro atoms. The van der Waals surface area contributed by atoms with Gasteiger partial charge in [0, 0.05) is 17.4 Å². The van der Waals surface area contributed by atoms with E-state index in [1.807, 2.05) is 4.72 Å². The van der Waals surface area contributed by atoms with E-state index in [4.69, 9.17) is 0 Å². The van der Waals surface area contributed by atoms with Gasteiger partial charge in [0.15, 0.2) is 5.82 Å². The van der Waals surface area contributed by atoms with E-state index in [2.05, 4.69) is 10.6 Å². The Morgan fingerprint density at radius 2 is 1.86 bits per heavy atom. The summed E-state index contributed by atoms with van der Waals surface area (Å²) in [6.07, 6.45) is -4.59. The second-order valence-electron chi connectivity index (χ2n) is 5.79. The molecule has 1 aliphatic rings. The van der Waals surface area contributed by atoms with Crippen molar-refractivity contribution in [3.8, 4) is 5.75 Å². The highest BCUT2D eigenvalue weighted by Gasteiger charge is 2.32. The van der Waals surface area contributed by atoms with E-state index < -0.39 is 58.6 Å². The lowest BCUT2D eigenvalue weighted by molar-refractivity contribution is -0.137. The Hall–Kier alpha value is -3.35. The van der Waals surface area contributed by atoms with Gasteiger partial charge in [0.25, 0.3) is 5.91 Å². The Kier molecular flexibility index (Phi) is 5.33. The van der Waals surface area contributed by atoms with E-state index in [-0.39, 0.29) is 11.4 Å². The zero-order valence-corrected chi connectivity index (χ0v) is 15.0. The largest absolute Gasteiger partial charge is 0.506 e. The Morgan fingerprint density at radius 3 is 2.45 bits per heavy atom. The van der Waals surface area contributed by atoms with Gasteiger partial charge in [-0.15, -0.1) is 0 Å². The lowest BCUT2D eigenvalue weighted by Crippen LogP contribution is -2.24. The lowest BCUT2D eigenvalue weighted by atomic mass is 10.2. The fraction of sp³-hybridized carbons (Fsp3) is 0.125. The Balaban J connectivity index is 1.75. The minimum Gasteiger partial charge on any atom is -0.506 e. The van der Waals surface area contributed by atoms with Gasteiger partial charge in [0.1, 0.15) is 18.0 Å². The number of aromatic hydroxyl groups is 1. The molecule has 1 unspecified atom stereocenters. The SMILES string of the molecule is O=C1CN(c2c(O)cc(NC(=O)Nc3cccc(C(F)(F)F)c3)cc2F)S(=O)N1. The first-order chi connectivity index (χ1) is 13.5. The molecule has 154 valence electrons. The highest BCUT2D eigenvalue weighted by Crippen LogP contribution is 2.35. The third-order valence-corrected chi connectivity index (χ3v) is 4.80. The molecule has 2 aromatic rings. The molecule has 3 amide bonds. The fourth-order valence-electron chi connectivity index (χ4n) is 2.51. The van der Waals surface area contributed by atoms with Crippen LogP contribution in [0.15, 0.2) is 36.4 Å². The van der Waals surface area contributed by atoms with E-state index in [9.17, 15) is 36.5 Å². The summed E-state index contributed by atoms with van der Waals surface area (Å²) in [5.74, 6) is -2.42. The first kappa shape index (κ1) is 20.4. The minimum atomic E-state index is -4.59. The van der Waals surface area contributed by atoms with Crippen molar-refractivity contribution >= 4 is 40.2 Å². The number of nitrogens with zero attached hydrogens (tertiary/aromatic N) is 1. The maximum atomic E-state index is 14.4. The van der Waals surface area contributed by atoms with Gasteiger partial charge < -0.3 is 15.7 Å². The molecule has 2 aromatic carbocycles. The zero-order valence-electron chi connectivity index (χ0n) is 14.2. The van der Waals surface area contributed by atoms with Crippen LogP contribution >= 0.6 is 0 Å². The van der Waals surface area contributed by atoms with Gasteiger partial charge in [0.2, 0.25) is 11.2 Å². The molecule has 1 heterocycles. The van der Waals surface area contributed by atoms with Crippen molar-refractivity contribution in [2.45, 2.75) is 6.18 Å². The molecule has 8 nitrogen and oxygen atoms in total. The van der Waals surface area contributed by atoms with Crippen molar-refractivity contribution in [1.82, 2.24) is 4.72 Å². The standard InChI is InChI=1S/C16H12F4N4O4S/c17-11-5-10(6-12(25)14(11)24-7-13(26)23-29(24)28)22-15(27)21-9-3-1-2-8(4-9)16(18,19)20/h1-6,25H,7H2,(H,23,26)(H2,21,22,27). The predicted molar refractivity (Wildman–Crippen MR) is 95.8 cm³/mol. The molecular weight excluding hydrogens is 420 g/mol. The number of hydrogen-bond donors (Lipinski definition) is 4. The van der Waals surface area contributed by atoms with Gasteiger partial charge >= 0.3 is 12.2 Å². The van der Waals surface area contributed by atoms with Crippen LogP contribution in [0.2, 0.25) is 0 Å². The average molecular weight is 432 g/mol. The van der Waals surface area contributed by atoms with E-state index in [1.165, 1.54) is 6.07 Å². The molecular formula is C16H12F4N4O4S. The average Bonchev–Trinajstić information content (AvgIpc) is 2.91. The molecule has 0 radical (unpaired) electrons. The van der Waals surface area contributed by atoms with Crippen molar-refractivity contribution in [1.29, 1.82) is 0 Å². The number of hydrogen-bond acceptors (Lipinski definition) is 4. The molecule has 0 aliphatic carbocycles. The molecule has 1 fully saturated rings. The Morgan fingerprint density at radius 1 is 1.17 bits per heavy atom. The number of amides is 3. The Bertz CT molecular complexity index is 992. The summed E-state index contributed by atoms with van der Waals surface area (Å²) in [4.78, 5) is 23.2. The van der Waals surface area contributed by atoms with Crippen molar-refractivity contribution in [2.24, 2.45) is 0 Å². The summed E-state index contributed by atoms with van der Waals surface area (Å²) >= 11 is -2.07. The summed E-state index contributed by atoms with van der Waals surface area (Å²) in [7, 11) is 0. The fourth-order valence-corrected chi connectivity index (χ4v) is 3.46. The molecule has 1 saturated heterocycles. The number of phenols is 1. The molecule has 0 aromatic heterocycles. The van der Waals surface area contributed by atoms with Gasteiger partial charge in [-0.3, -0.25) is 13.8 Å². The van der Waals surface area contributed by atoms with E-state index in [0.717, 1.165) is 28.6 Å². The summed E-state index contributed by atoms with van der Waals surface area (Å²) in [6, 6.07) is 4.61. The molecule has 13 heteroatoms. The number of benzene rings is 2.